The molecule has 0 radical (unpaired) electrons. The van der Waals surface area contributed by atoms with E-state index >= 15 is 0 Å². The van der Waals surface area contributed by atoms with Gasteiger partial charge in [0.1, 0.15) is 0 Å². The molecule has 0 aromatic carbocycles. The first-order valence-corrected chi connectivity index (χ1v) is 7.00. The lowest BCUT2D eigenvalue weighted by Crippen LogP contribution is -2.50. The van der Waals surface area contributed by atoms with Crippen LogP contribution in [0.4, 0.5) is 0 Å². The largest absolute Gasteiger partial charge is 0.377 e. The summed E-state index contributed by atoms with van der Waals surface area (Å²) < 4.78 is 5.77. The van der Waals surface area contributed by atoms with Gasteiger partial charge in [-0.2, -0.15) is 0 Å². The average molecular weight is 255 g/mol. The Hall–Kier alpha value is -0.490. The van der Waals surface area contributed by atoms with Crippen molar-refractivity contribution in [2.24, 2.45) is 0 Å². The number of methoxy groups -OCH3 is 1. The maximum absolute atomic E-state index is 5.77. The smallest absolute Gasteiger partial charge is 0.0829 e. The number of hydrogen-bond acceptors (Lipinski definition) is 5. The molecule has 1 aliphatic heterocycles. The van der Waals surface area contributed by atoms with E-state index in [9.17, 15) is 0 Å². The number of likely N-dealkylation sites (N-methyl/N-ethyl adjacent to an activating group) is 1. The third-order valence-electron chi connectivity index (χ3n) is 3.42. The Labute approximate surface area is 107 Å². The van der Waals surface area contributed by atoms with Crippen molar-refractivity contribution in [3.63, 3.8) is 0 Å². The molecule has 1 aromatic heterocycles. The summed E-state index contributed by atoms with van der Waals surface area (Å²) in [7, 11) is 3.98. The van der Waals surface area contributed by atoms with Crippen molar-refractivity contribution < 1.29 is 4.74 Å². The highest BCUT2D eigenvalue weighted by Gasteiger charge is 2.32. The van der Waals surface area contributed by atoms with Crippen molar-refractivity contribution in [2.75, 3.05) is 33.8 Å². The maximum Gasteiger partial charge on any atom is 0.0829 e. The molecule has 2 rings (SSSR count). The molecule has 0 spiro atoms. The molecule has 0 bridgehead atoms. The quantitative estimate of drug-likeness (QED) is 0.861. The van der Waals surface area contributed by atoms with Crippen LogP contribution in [0.3, 0.4) is 0 Å². The van der Waals surface area contributed by atoms with Gasteiger partial charge >= 0.3 is 0 Å². The van der Waals surface area contributed by atoms with E-state index < -0.39 is 0 Å². The average Bonchev–Trinajstić information content (AvgIpc) is 2.83. The molecule has 0 amide bonds. The van der Waals surface area contributed by atoms with Crippen molar-refractivity contribution in [2.45, 2.75) is 25.0 Å². The highest BCUT2D eigenvalue weighted by Crippen LogP contribution is 2.23. The number of rotatable bonds is 5. The zero-order chi connectivity index (χ0) is 12.1. The standard InChI is InChI=1S/C12H21N3OS/c1-15(7-11-8-17-10-14-11)9-12(16-2)3-5-13-6-4-12/h8,10,13H,3-7,9H2,1-2H3. The number of ether oxygens (including phenoxy) is 1. The zero-order valence-electron chi connectivity index (χ0n) is 10.6. The van der Waals surface area contributed by atoms with Gasteiger partial charge < -0.3 is 10.1 Å². The summed E-state index contributed by atoms with van der Waals surface area (Å²) in [4.78, 5) is 6.63. The molecule has 0 unspecified atom stereocenters. The number of nitrogens with one attached hydrogen (secondary N) is 1. The first-order chi connectivity index (χ1) is 8.24. The first kappa shape index (κ1) is 13.0. The van der Waals surface area contributed by atoms with Crippen molar-refractivity contribution in [1.82, 2.24) is 15.2 Å². The van der Waals surface area contributed by atoms with E-state index in [-0.39, 0.29) is 5.60 Å². The molecule has 96 valence electrons. The Morgan fingerprint density at radius 1 is 1.53 bits per heavy atom. The molecule has 0 saturated carbocycles. The van der Waals surface area contributed by atoms with Gasteiger partial charge in [-0.3, -0.25) is 4.90 Å². The van der Waals surface area contributed by atoms with E-state index in [1.807, 2.05) is 12.6 Å². The summed E-state index contributed by atoms with van der Waals surface area (Å²) >= 11 is 1.65. The molecular weight excluding hydrogens is 234 g/mol. The number of thiazole rings is 1. The molecule has 1 fully saturated rings. The molecule has 4 nitrogen and oxygen atoms in total. The molecule has 2 heterocycles. The highest BCUT2D eigenvalue weighted by molar-refractivity contribution is 7.07. The van der Waals surface area contributed by atoms with Gasteiger partial charge in [-0.05, 0) is 33.0 Å². The Morgan fingerprint density at radius 2 is 2.29 bits per heavy atom. The van der Waals surface area contributed by atoms with Crippen LogP contribution in [-0.2, 0) is 11.3 Å². The SMILES string of the molecule is COC1(CN(C)Cc2cscn2)CCNCC1. The van der Waals surface area contributed by atoms with Gasteiger partial charge in [0.05, 0.1) is 16.8 Å². The Bertz CT molecular complexity index is 323. The minimum atomic E-state index is 0.0238. The molecule has 1 aliphatic rings. The van der Waals surface area contributed by atoms with E-state index in [0.29, 0.717) is 0 Å². The second-order valence-corrected chi connectivity index (χ2v) is 5.51. The molecule has 17 heavy (non-hydrogen) atoms. The number of aromatic nitrogens is 1. The van der Waals surface area contributed by atoms with Crippen molar-refractivity contribution in [3.05, 3.63) is 16.6 Å². The van der Waals surface area contributed by atoms with Gasteiger partial charge in [0, 0.05) is 25.6 Å². The van der Waals surface area contributed by atoms with Crippen LogP contribution in [0.15, 0.2) is 10.9 Å². The van der Waals surface area contributed by atoms with Crippen LogP contribution >= 0.6 is 11.3 Å². The fourth-order valence-corrected chi connectivity index (χ4v) is 3.00. The van der Waals surface area contributed by atoms with Crippen LogP contribution in [0, 0.1) is 0 Å². The summed E-state index contributed by atoms with van der Waals surface area (Å²) in [5.74, 6) is 0. The summed E-state index contributed by atoms with van der Waals surface area (Å²) in [6, 6.07) is 0. The second-order valence-electron chi connectivity index (χ2n) is 4.79. The van der Waals surface area contributed by atoms with Gasteiger partial charge in [-0.25, -0.2) is 4.98 Å². The molecule has 1 saturated heterocycles. The predicted octanol–water partition coefficient (Wildman–Crippen LogP) is 1.34. The number of nitrogens with zero attached hydrogens (tertiary/aromatic N) is 2. The predicted molar refractivity (Wildman–Crippen MR) is 70.3 cm³/mol. The topological polar surface area (TPSA) is 37.4 Å². The Balaban J connectivity index is 1.89. The minimum Gasteiger partial charge on any atom is -0.377 e. The third-order valence-corrected chi connectivity index (χ3v) is 4.06. The van der Waals surface area contributed by atoms with E-state index in [0.717, 1.165) is 44.7 Å². The van der Waals surface area contributed by atoms with Gasteiger partial charge in [-0.15, -0.1) is 11.3 Å². The maximum atomic E-state index is 5.77. The second kappa shape index (κ2) is 5.91. The van der Waals surface area contributed by atoms with Crippen LogP contribution in [0.2, 0.25) is 0 Å². The number of piperidine rings is 1. The van der Waals surface area contributed by atoms with Gasteiger partial charge in [0.15, 0.2) is 0 Å². The summed E-state index contributed by atoms with van der Waals surface area (Å²) in [5, 5.41) is 5.49. The van der Waals surface area contributed by atoms with Crippen LogP contribution in [0.25, 0.3) is 0 Å². The van der Waals surface area contributed by atoms with E-state index in [1.54, 1.807) is 11.3 Å². The molecule has 1 N–H and O–H groups in total. The zero-order valence-corrected chi connectivity index (χ0v) is 11.4. The number of hydrogen-bond donors (Lipinski definition) is 1. The van der Waals surface area contributed by atoms with Crippen LogP contribution < -0.4 is 5.32 Å². The van der Waals surface area contributed by atoms with Gasteiger partial charge in [0.25, 0.3) is 0 Å². The van der Waals surface area contributed by atoms with E-state index in [2.05, 4.69) is 27.6 Å². The van der Waals surface area contributed by atoms with Crippen LogP contribution in [0.5, 0.6) is 0 Å². The molecule has 0 atom stereocenters. The third kappa shape index (κ3) is 3.48. The first-order valence-electron chi connectivity index (χ1n) is 6.06. The monoisotopic (exact) mass is 255 g/mol. The lowest BCUT2D eigenvalue weighted by atomic mass is 9.91. The normalized spacial score (nSPS) is 19.7. The Morgan fingerprint density at radius 3 is 2.88 bits per heavy atom. The van der Waals surface area contributed by atoms with Gasteiger partial charge in [-0.1, -0.05) is 0 Å². The molecule has 1 aromatic rings. The highest BCUT2D eigenvalue weighted by atomic mass is 32.1. The van der Waals surface area contributed by atoms with E-state index in [1.165, 1.54) is 0 Å². The Kier molecular flexibility index (Phi) is 4.50. The molecule has 5 heteroatoms. The minimum absolute atomic E-state index is 0.0238. The lowest BCUT2D eigenvalue weighted by molar-refractivity contribution is -0.0544. The van der Waals surface area contributed by atoms with Crippen LogP contribution in [-0.4, -0.2) is 49.3 Å². The van der Waals surface area contributed by atoms with Gasteiger partial charge in [0.2, 0.25) is 0 Å². The van der Waals surface area contributed by atoms with Crippen LogP contribution in [0.1, 0.15) is 18.5 Å². The fraction of sp³-hybridized carbons (Fsp3) is 0.750. The van der Waals surface area contributed by atoms with Crippen molar-refractivity contribution in [3.8, 4) is 0 Å². The lowest BCUT2D eigenvalue weighted by Gasteiger charge is -2.39. The van der Waals surface area contributed by atoms with Crippen molar-refractivity contribution in [1.29, 1.82) is 0 Å². The van der Waals surface area contributed by atoms with E-state index in [4.69, 9.17) is 4.74 Å². The molecule has 0 aliphatic carbocycles. The summed E-state index contributed by atoms with van der Waals surface area (Å²) in [5.41, 5.74) is 3.06. The molecular formula is C12H21N3OS. The fourth-order valence-electron chi connectivity index (χ4n) is 2.45. The van der Waals surface area contributed by atoms with Crippen molar-refractivity contribution >= 4 is 11.3 Å². The summed E-state index contributed by atoms with van der Waals surface area (Å²) in [6.45, 7) is 3.99. The summed E-state index contributed by atoms with van der Waals surface area (Å²) in [6.07, 6.45) is 2.18.